The fourth-order valence-electron chi connectivity index (χ4n) is 2.48. The SMILES string of the molecule is C[C@@H](NC(=O)COC(=O)c1sc2cc(Cl)ccc2c1Cl)c1ccccc1. The highest BCUT2D eigenvalue weighted by Crippen LogP contribution is 2.37. The number of benzene rings is 2. The molecule has 0 fully saturated rings. The van der Waals surface area contributed by atoms with E-state index in [1.54, 1.807) is 18.2 Å². The van der Waals surface area contributed by atoms with Crippen LogP contribution >= 0.6 is 34.5 Å². The second-order valence-corrected chi connectivity index (χ2v) is 7.53. The van der Waals surface area contributed by atoms with Gasteiger partial charge in [0.1, 0.15) is 4.88 Å². The van der Waals surface area contributed by atoms with Crippen LogP contribution in [-0.4, -0.2) is 18.5 Å². The van der Waals surface area contributed by atoms with Gasteiger partial charge in [-0.25, -0.2) is 4.79 Å². The van der Waals surface area contributed by atoms with Gasteiger partial charge in [-0.15, -0.1) is 11.3 Å². The first-order valence-corrected chi connectivity index (χ1v) is 9.42. The number of ether oxygens (including phenoxy) is 1. The van der Waals surface area contributed by atoms with Gasteiger partial charge in [0.15, 0.2) is 6.61 Å². The second-order valence-electron chi connectivity index (χ2n) is 5.66. The summed E-state index contributed by atoms with van der Waals surface area (Å²) in [6.07, 6.45) is 0. The molecule has 0 unspecified atom stereocenters. The molecule has 1 heterocycles. The Labute approximate surface area is 164 Å². The molecular weight excluding hydrogens is 393 g/mol. The molecule has 0 aliphatic rings. The van der Waals surface area contributed by atoms with Crippen molar-refractivity contribution in [2.24, 2.45) is 0 Å². The number of fused-ring (bicyclic) bond motifs is 1. The van der Waals surface area contributed by atoms with E-state index in [1.165, 1.54) is 11.3 Å². The fourth-order valence-corrected chi connectivity index (χ4v) is 4.15. The number of hydrogen-bond donors (Lipinski definition) is 1. The third kappa shape index (κ3) is 4.18. The van der Waals surface area contributed by atoms with Gasteiger partial charge < -0.3 is 10.1 Å². The van der Waals surface area contributed by atoms with Crippen molar-refractivity contribution in [2.45, 2.75) is 13.0 Å². The van der Waals surface area contributed by atoms with Gasteiger partial charge in [-0.3, -0.25) is 4.79 Å². The largest absolute Gasteiger partial charge is 0.451 e. The molecule has 0 aliphatic carbocycles. The van der Waals surface area contributed by atoms with Crippen molar-refractivity contribution < 1.29 is 14.3 Å². The zero-order chi connectivity index (χ0) is 18.7. The van der Waals surface area contributed by atoms with E-state index >= 15 is 0 Å². The summed E-state index contributed by atoms with van der Waals surface area (Å²) in [7, 11) is 0. The summed E-state index contributed by atoms with van der Waals surface area (Å²) >= 11 is 13.4. The van der Waals surface area contributed by atoms with Gasteiger partial charge in [0.25, 0.3) is 5.91 Å². The summed E-state index contributed by atoms with van der Waals surface area (Å²) in [4.78, 5) is 24.6. The molecule has 1 aromatic heterocycles. The molecule has 1 amide bonds. The maximum Gasteiger partial charge on any atom is 0.350 e. The molecule has 0 saturated heterocycles. The van der Waals surface area contributed by atoms with Gasteiger partial charge in [-0.2, -0.15) is 0 Å². The first kappa shape index (κ1) is 18.7. The van der Waals surface area contributed by atoms with Crippen LogP contribution in [0.15, 0.2) is 48.5 Å². The van der Waals surface area contributed by atoms with Crippen LogP contribution in [0, 0.1) is 0 Å². The molecule has 1 atom stereocenters. The number of halogens is 2. The number of carbonyl (C=O) groups excluding carboxylic acids is 2. The standard InChI is InChI=1S/C19H15Cl2NO3S/c1-11(12-5-3-2-4-6-12)22-16(23)10-25-19(24)18-17(21)14-8-7-13(20)9-15(14)26-18/h2-9,11H,10H2,1H3,(H,22,23)/t11-/m1/s1. The number of esters is 1. The Hall–Kier alpha value is -2.08. The van der Waals surface area contributed by atoms with Crippen LogP contribution in [0.4, 0.5) is 0 Å². The van der Waals surface area contributed by atoms with E-state index in [0.29, 0.717) is 10.0 Å². The lowest BCUT2D eigenvalue weighted by Crippen LogP contribution is -2.31. The highest BCUT2D eigenvalue weighted by atomic mass is 35.5. The molecule has 26 heavy (non-hydrogen) atoms. The average molecular weight is 408 g/mol. The quantitative estimate of drug-likeness (QED) is 0.588. The van der Waals surface area contributed by atoms with Crippen molar-refractivity contribution in [3.05, 3.63) is 69.0 Å². The third-order valence-electron chi connectivity index (χ3n) is 3.79. The number of rotatable bonds is 5. The maximum atomic E-state index is 12.3. The highest BCUT2D eigenvalue weighted by molar-refractivity contribution is 7.21. The van der Waals surface area contributed by atoms with Crippen molar-refractivity contribution in [1.29, 1.82) is 0 Å². The molecule has 1 N–H and O–H groups in total. The van der Waals surface area contributed by atoms with Crippen LogP contribution in [0.5, 0.6) is 0 Å². The van der Waals surface area contributed by atoms with Gasteiger partial charge in [0.2, 0.25) is 0 Å². The summed E-state index contributed by atoms with van der Waals surface area (Å²) < 4.78 is 5.90. The molecule has 0 radical (unpaired) electrons. The average Bonchev–Trinajstić information content (AvgIpc) is 2.96. The van der Waals surface area contributed by atoms with Crippen molar-refractivity contribution in [2.75, 3.05) is 6.61 Å². The summed E-state index contributed by atoms with van der Waals surface area (Å²) in [5.41, 5.74) is 0.969. The Balaban J connectivity index is 1.62. The van der Waals surface area contributed by atoms with Gasteiger partial charge in [0.05, 0.1) is 11.1 Å². The first-order valence-electron chi connectivity index (χ1n) is 7.84. The molecule has 0 aliphatic heterocycles. The van der Waals surface area contributed by atoms with Crippen LogP contribution < -0.4 is 5.32 Å². The van der Waals surface area contributed by atoms with E-state index in [2.05, 4.69) is 5.32 Å². The topological polar surface area (TPSA) is 55.4 Å². The zero-order valence-electron chi connectivity index (χ0n) is 13.8. The minimum absolute atomic E-state index is 0.183. The minimum Gasteiger partial charge on any atom is -0.451 e. The van der Waals surface area contributed by atoms with E-state index < -0.39 is 5.97 Å². The highest BCUT2D eigenvalue weighted by Gasteiger charge is 2.20. The molecule has 0 bridgehead atoms. The van der Waals surface area contributed by atoms with Crippen LogP contribution in [0.2, 0.25) is 10.0 Å². The predicted molar refractivity (Wildman–Crippen MR) is 105 cm³/mol. The first-order chi connectivity index (χ1) is 12.5. The monoisotopic (exact) mass is 407 g/mol. The summed E-state index contributed by atoms with van der Waals surface area (Å²) in [5.74, 6) is -1.01. The summed E-state index contributed by atoms with van der Waals surface area (Å²) in [5, 5.41) is 4.39. The minimum atomic E-state index is -0.630. The molecule has 0 saturated carbocycles. The van der Waals surface area contributed by atoms with E-state index in [-0.39, 0.29) is 23.4 Å². The summed E-state index contributed by atoms with van der Waals surface area (Å²) in [6, 6.07) is 14.5. The molecule has 3 aromatic rings. The Morgan fingerprint density at radius 1 is 1.15 bits per heavy atom. The lowest BCUT2D eigenvalue weighted by atomic mass is 10.1. The van der Waals surface area contributed by atoms with Crippen LogP contribution in [0.3, 0.4) is 0 Å². The van der Waals surface area contributed by atoms with Crippen molar-refractivity contribution >= 4 is 56.5 Å². The maximum absolute atomic E-state index is 12.3. The number of hydrogen-bond acceptors (Lipinski definition) is 4. The van der Waals surface area contributed by atoms with E-state index in [4.69, 9.17) is 27.9 Å². The Morgan fingerprint density at radius 2 is 1.88 bits per heavy atom. The van der Waals surface area contributed by atoms with E-state index in [1.807, 2.05) is 37.3 Å². The smallest absolute Gasteiger partial charge is 0.350 e. The van der Waals surface area contributed by atoms with Crippen LogP contribution in [0.1, 0.15) is 28.2 Å². The molecule has 0 spiro atoms. The lowest BCUT2D eigenvalue weighted by Gasteiger charge is -2.14. The second kappa shape index (κ2) is 8.08. The number of nitrogens with one attached hydrogen (secondary N) is 1. The third-order valence-corrected chi connectivity index (χ3v) is 5.66. The van der Waals surface area contributed by atoms with Crippen molar-refractivity contribution in [1.82, 2.24) is 5.32 Å². The van der Waals surface area contributed by atoms with Crippen molar-refractivity contribution in [3.63, 3.8) is 0 Å². The Kier molecular flexibility index (Phi) is 5.81. The van der Waals surface area contributed by atoms with Gasteiger partial charge in [-0.05, 0) is 24.6 Å². The van der Waals surface area contributed by atoms with Crippen molar-refractivity contribution in [3.8, 4) is 0 Å². The fraction of sp³-hybridized carbons (Fsp3) is 0.158. The lowest BCUT2D eigenvalue weighted by molar-refractivity contribution is -0.124. The van der Waals surface area contributed by atoms with E-state index in [9.17, 15) is 9.59 Å². The molecular formula is C19H15Cl2NO3S. The Bertz CT molecular complexity index is 956. The van der Waals surface area contributed by atoms with Gasteiger partial charge in [-0.1, -0.05) is 59.6 Å². The van der Waals surface area contributed by atoms with E-state index in [0.717, 1.165) is 15.6 Å². The number of amides is 1. The van der Waals surface area contributed by atoms with Gasteiger partial charge >= 0.3 is 5.97 Å². The van der Waals surface area contributed by atoms with Crippen LogP contribution in [0.25, 0.3) is 10.1 Å². The molecule has 7 heteroatoms. The Morgan fingerprint density at radius 3 is 2.62 bits per heavy atom. The summed E-state index contributed by atoms with van der Waals surface area (Å²) in [6.45, 7) is 1.49. The van der Waals surface area contributed by atoms with Gasteiger partial charge in [0, 0.05) is 15.1 Å². The number of thiophene rings is 1. The number of carbonyl (C=O) groups is 2. The molecule has 2 aromatic carbocycles. The van der Waals surface area contributed by atoms with Crippen LogP contribution in [-0.2, 0) is 9.53 Å². The molecule has 3 rings (SSSR count). The molecule has 134 valence electrons. The molecule has 4 nitrogen and oxygen atoms in total. The predicted octanol–water partition coefficient (Wildman–Crippen LogP) is 5.24. The zero-order valence-corrected chi connectivity index (χ0v) is 16.1. The normalized spacial score (nSPS) is 12.0.